The molecule has 3 aromatic rings. The van der Waals surface area contributed by atoms with Crippen molar-refractivity contribution in [2.45, 2.75) is 0 Å². The van der Waals surface area contributed by atoms with Gasteiger partial charge in [0.15, 0.2) is 22.8 Å². The fraction of sp³-hybridized carbons (Fsp3) is 0.200. The van der Waals surface area contributed by atoms with Gasteiger partial charge in [0, 0.05) is 16.8 Å². The lowest BCUT2D eigenvalue weighted by Gasteiger charge is -2.06. The molecule has 104 valence electrons. The standard InChI is InChI=1S/C15H14O5/c1-17-12-6-9-8-4-5-10(16)15(19-3)14(8)20-11(9)7-13(12)18-2/h4-7,16H,1-3H3. The largest absolute Gasteiger partial charge is 0.504 e. The molecule has 0 atom stereocenters. The number of fused-ring (bicyclic) bond motifs is 3. The van der Waals surface area contributed by atoms with Crippen LogP contribution in [0.15, 0.2) is 28.7 Å². The van der Waals surface area contributed by atoms with Crippen LogP contribution in [0.2, 0.25) is 0 Å². The Morgan fingerprint density at radius 2 is 1.60 bits per heavy atom. The summed E-state index contributed by atoms with van der Waals surface area (Å²) < 4.78 is 21.5. The van der Waals surface area contributed by atoms with Crippen LogP contribution in [-0.2, 0) is 0 Å². The van der Waals surface area contributed by atoms with Crippen molar-refractivity contribution in [2.24, 2.45) is 0 Å². The van der Waals surface area contributed by atoms with Crippen LogP contribution in [0.5, 0.6) is 23.0 Å². The molecule has 0 amide bonds. The maximum atomic E-state index is 9.80. The zero-order valence-electron chi connectivity index (χ0n) is 11.4. The van der Waals surface area contributed by atoms with E-state index in [4.69, 9.17) is 18.6 Å². The van der Waals surface area contributed by atoms with Crippen molar-refractivity contribution in [1.82, 2.24) is 0 Å². The molecule has 0 saturated carbocycles. The third kappa shape index (κ3) is 1.63. The minimum absolute atomic E-state index is 0.0398. The molecule has 0 radical (unpaired) electrons. The molecule has 0 aliphatic carbocycles. The van der Waals surface area contributed by atoms with E-state index in [-0.39, 0.29) is 5.75 Å². The lowest BCUT2D eigenvalue weighted by atomic mass is 10.1. The van der Waals surface area contributed by atoms with E-state index in [0.29, 0.717) is 28.4 Å². The van der Waals surface area contributed by atoms with Crippen molar-refractivity contribution in [3.63, 3.8) is 0 Å². The number of phenols is 1. The Labute approximate surface area is 115 Å². The van der Waals surface area contributed by atoms with Gasteiger partial charge in [0.2, 0.25) is 5.75 Å². The van der Waals surface area contributed by atoms with E-state index in [1.165, 1.54) is 7.11 Å². The lowest BCUT2D eigenvalue weighted by molar-refractivity contribution is 0.355. The Hall–Kier alpha value is -2.56. The maximum Gasteiger partial charge on any atom is 0.204 e. The Balaban J connectivity index is 2.42. The average Bonchev–Trinajstić information content (AvgIpc) is 2.82. The van der Waals surface area contributed by atoms with Gasteiger partial charge in [-0.3, -0.25) is 0 Å². The van der Waals surface area contributed by atoms with Gasteiger partial charge in [-0.15, -0.1) is 0 Å². The van der Waals surface area contributed by atoms with E-state index in [1.807, 2.05) is 6.07 Å². The molecule has 5 heteroatoms. The first-order chi connectivity index (χ1) is 9.69. The lowest BCUT2D eigenvalue weighted by Crippen LogP contribution is -1.89. The average molecular weight is 274 g/mol. The fourth-order valence-corrected chi connectivity index (χ4v) is 2.33. The van der Waals surface area contributed by atoms with E-state index < -0.39 is 0 Å². The minimum Gasteiger partial charge on any atom is -0.504 e. The number of furan rings is 1. The number of hydrogen-bond donors (Lipinski definition) is 1. The second-order valence-corrected chi connectivity index (χ2v) is 4.30. The van der Waals surface area contributed by atoms with Crippen molar-refractivity contribution >= 4 is 21.9 Å². The van der Waals surface area contributed by atoms with Crippen LogP contribution in [-0.4, -0.2) is 26.4 Å². The Morgan fingerprint density at radius 1 is 0.900 bits per heavy atom. The summed E-state index contributed by atoms with van der Waals surface area (Å²) in [7, 11) is 4.64. The molecule has 2 aromatic carbocycles. The zero-order valence-corrected chi connectivity index (χ0v) is 11.4. The molecule has 0 spiro atoms. The highest BCUT2D eigenvalue weighted by molar-refractivity contribution is 6.08. The smallest absolute Gasteiger partial charge is 0.204 e. The highest BCUT2D eigenvalue weighted by Gasteiger charge is 2.17. The maximum absolute atomic E-state index is 9.80. The van der Waals surface area contributed by atoms with Crippen LogP contribution < -0.4 is 14.2 Å². The summed E-state index contributed by atoms with van der Waals surface area (Å²) >= 11 is 0. The van der Waals surface area contributed by atoms with E-state index >= 15 is 0 Å². The summed E-state index contributed by atoms with van der Waals surface area (Å²) in [6.45, 7) is 0. The summed E-state index contributed by atoms with van der Waals surface area (Å²) in [6, 6.07) is 6.96. The van der Waals surface area contributed by atoms with Crippen LogP contribution in [0.25, 0.3) is 21.9 Å². The first-order valence-corrected chi connectivity index (χ1v) is 6.03. The van der Waals surface area contributed by atoms with Crippen LogP contribution in [0.1, 0.15) is 0 Å². The van der Waals surface area contributed by atoms with E-state index in [0.717, 1.165) is 10.8 Å². The quantitative estimate of drug-likeness (QED) is 0.793. The van der Waals surface area contributed by atoms with Crippen LogP contribution in [0.4, 0.5) is 0 Å². The Bertz CT molecular complexity index is 788. The van der Waals surface area contributed by atoms with Gasteiger partial charge in [-0.2, -0.15) is 0 Å². The first kappa shape index (κ1) is 12.5. The van der Waals surface area contributed by atoms with Crippen molar-refractivity contribution in [3.8, 4) is 23.0 Å². The summed E-state index contributed by atoms with van der Waals surface area (Å²) in [5.41, 5.74) is 1.14. The molecule has 0 bridgehead atoms. The normalized spacial score (nSPS) is 10.9. The van der Waals surface area contributed by atoms with Gasteiger partial charge in [-0.1, -0.05) is 0 Å². The highest BCUT2D eigenvalue weighted by Crippen LogP contribution is 2.43. The molecule has 1 N–H and O–H groups in total. The molecule has 0 unspecified atom stereocenters. The molecule has 1 aromatic heterocycles. The van der Waals surface area contributed by atoms with Crippen molar-refractivity contribution < 1.29 is 23.7 Å². The van der Waals surface area contributed by atoms with Gasteiger partial charge in [0.25, 0.3) is 0 Å². The summed E-state index contributed by atoms with van der Waals surface area (Å²) in [5.74, 6) is 1.56. The van der Waals surface area contributed by atoms with Gasteiger partial charge in [-0.05, 0) is 18.2 Å². The molecule has 0 aliphatic rings. The number of hydrogen-bond acceptors (Lipinski definition) is 5. The topological polar surface area (TPSA) is 61.1 Å². The number of rotatable bonds is 3. The van der Waals surface area contributed by atoms with Crippen molar-refractivity contribution in [2.75, 3.05) is 21.3 Å². The molecular weight excluding hydrogens is 260 g/mol. The monoisotopic (exact) mass is 274 g/mol. The Kier molecular flexibility index (Phi) is 2.82. The second-order valence-electron chi connectivity index (χ2n) is 4.30. The zero-order chi connectivity index (χ0) is 14.3. The second kappa shape index (κ2) is 4.52. The molecule has 3 rings (SSSR count). The number of ether oxygens (including phenoxy) is 3. The third-order valence-electron chi connectivity index (χ3n) is 3.28. The first-order valence-electron chi connectivity index (χ1n) is 6.03. The van der Waals surface area contributed by atoms with Crippen molar-refractivity contribution in [1.29, 1.82) is 0 Å². The molecule has 5 nitrogen and oxygen atoms in total. The highest BCUT2D eigenvalue weighted by atomic mass is 16.5. The third-order valence-corrected chi connectivity index (χ3v) is 3.28. The van der Waals surface area contributed by atoms with Gasteiger partial charge >= 0.3 is 0 Å². The molecule has 0 fully saturated rings. The SMILES string of the molecule is COc1cc2oc3c(OC)c(O)ccc3c2cc1OC. The number of aromatic hydroxyl groups is 1. The number of benzene rings is 2. The van der Waals surface area contributed by atoms with Gasteiger partial charge < -0.3 is 23.7 Å². The van der Waals surface area contributed by atoms with E-state index in [9.17, 15) is 5.11 Å². The molecular formula is C15H14O5. The minimum atomic E-state index is 0.0398. The Morgan fingerprint density at radius 3 is 2.25 bits per heavy atom. The summed E-state index contributed by atoms with van der Waals surface area (Å²) in [5, 5.41) is 11.5. The van der Waals surface area contributed by atoms with E-state index in [2.05, 4.69) is 0 Å². The van der Waals surface area contributed by atoms with Crippen LogP contribution in [0.3, 0.4) is 0 Å². The number of phenolic OH excluding ortho intramolecular Hbond substituents is 1. The molecule has 20 heavy (non-hydrogen) atoms. The molecule has 0 aliphatic heterocycles. The fourth-order valence-electron chi connectivity index (χ4n) is 2.33. The van der Waals surface area contributed by atoms with Crippen LogP contribution >= 0.6 is 0 Å². The predicted molar refractivity (Wildman–Crippen MR) is 75.0 cm³/mol. The van der Waals surface area contributed by atoms with Gasteiger partial charge in [-0.25, -0.2) is 0 Å². The van der Waals surface area contributed by atoms with Crippen LogP contribution in [0, 0.1) is 0 Å². The van der Waals surface area contributed by atoms with Gasteiger partial charge in [0.05, 0.1) is 21.3 Å². The molecule has 1 heterocycles. The van der Waals surface area contributed by atoms with E-state index in [1.54, 1.807) is 32.4 Å². The predicted octanol–water partition coefficient (Wildman–Crippen LogP) is 3.32. The molecule has 0 saturated heterocycles. The number of methoxy groups -OCH3 is 3. The summed E-state index contributed by atoms with van der Waals surface area (Å²) in [6.07, 6.45) is 0. The van der Waals surface area contributed by atoms with Crippen molar-refractivity contribution in [3.05, 3.63) is 24.3 Å². The summed E-state index contributed by atoms with van der Waals surface area (Å²) in [4.78, 5) is 0. The van der Waals surface area contributed by atoms with Gasteiger partial charge in [0.1, 0.15) is 5.58 Å².